The Bertz CT molecular complexity index is 344. The van der Waals surface area contributed by atoms with E-state index in [0.717, 1.165) is 64.4 Å². The summed E-state index contributed by atoms with van der Waals surface area (Å²) in [5.41, 5.74) is 0. The van der Waals surface area contributed by atoms with Gasteiger partial charge in [0.1, 0.15) is 0 Å². The van der Waals surface area contributed by atoms with Crippen molar-refractivity contribution < 1.29 is 19.0 Å². The molecule has 0 aromatic rings. The molecule has 0 bridgehead atoms. The number of nitrogens with one attached hydrogen (secondary N) is 2. The fraction of sp³-hybridized carbons (Fsp3) is 0.875. The van der Waals surface area contributed by atoms with Crippen LogP contribution >= 0.6 is 0 Å². The number of ether oxygens (including phenoxy) is 3. The third-order valence-electron chi connectivity index (χ3n) is 3.64. The van der Waals surface area contributed by atoms with Gasteiger partial charge in [0.15, 0.2) is 5.96 Å². The van der Waals surface area contributed by atoms with E-state index >= 15 is 0 Å². The summed E-state index contributed by atoms with van der Waals surface area (Å²) in [6, 6.07) is 0. The van der Waals surface area contributed by atoms with Crippen LogP contribution in [0.4, 0.5) is 0 Å². The van der Waals surface area contributed by atoms with Crippen molar-refractivity contribution in [3.05, 3.63) is 0 Å². The molecule has 0 aromatic heterocycles. The fourth-order valence-corrected chi connectivity index (χ4v) is 2.30. The summed E-state index contributed by atoms with van der Waals surface area (Å²) in [7, 11) is 3.16. The monoisotopic (exact) mass is 329 g/mol. The highest BCUT2D eigenvalue weighted by atomic mass is 16.5. The number of guanidine groups is 1. The van der Waals surface area contributed by atoms with Crippen molar-refractivity contribution >= 4 is 11.9 Å². The molecule has 1 saturated heterocycles. The fourth-order valence-electron chi connectivity index (χ4n) is 2.30. The molecule has 1 heterocycles. The number of methoxy groups -OCH3 is 1. The lowest BCUT2D eigenvalue weighted by atomic mass is 10.2. The molecule has 1 fully saturated rings. The summed E-state index contributed by atoms with van der Waals surface area (Å²) in [5, 5.41) is 6.47. The number of hydrogen-bond donors (Lipinski definition) is 2. The Kier molecular flexibility index (Phi) is 11.3. The minimum atomic E-state index is -0.157. The molecule has 2 N–H and O–H groups in total. The zero-order valence-electron chi connectivity index (χ0n) is 14.4. The van der Waals surface area contributed by atoms with Gasteiger partial charge in [0, 0.05) is 39.8 Å². The van der Waals surface area contributed by atoms with E-state index in [-0.39, 0.29) is 5.97 Å². The van der Waals surface area contributed by atoms with Crippen LogP contribution in [0.3, 0.4) is 0 Å². The molecule has 0 aromatic carbocycles. The van der Waals surface area contributed by atoms with Crippen molar-refractivity contribution in [2.45, 2.75) is 44.6 Å². The van der Waals surface area contributed by atoms with Gasteiger partial charge >= 0.3 is 5.97 Å². The molecule has 7 heteroatoms. The highest BCUT2D eigenvalue weighted by Gasteiger charge is 2.14. The van der Waals surface area contributed by atoms with Gasteiger partial charge in [0.25, 0.3) is 0 Å². The van der Waals surface area contributed by atoms with Gasteiger partial charge in [-0.25, -0.2) is 0 Å². The number of aliphatic imine (C=N–C) groups is 1. The second-order valence-corrected chi connectivity index (χ2v) is 5.52. The summed E-state index contributed by atoms with van der Waals surface area (Å²) < 4.78 is 15.7. The van der Waals surface area contributed by atoms with Crippen LogP contribution in [-0.4, -0.2) is 65.1 Å². The minimum Gasteiger partial charge on any atom is -0.469 e. The van der Waals surface area contributed by atoms with Gasteiger partial charge in [-0.05, 0) is 32.1 Å². The van der Waals surface area contributed by atoms with E-state index in [2.05, 4.69) is 20.4 Å². The Labute approximate surface area is 139 Å². The van der Waals surface area contributed by atoms with Crippen LogP contribution in [-0.2, 0) is 19.0 Å². The Morgan fingerprint density at radius 2 is 2.04 bits per heavy atom. The average molecular weight is 329 g/mol. The molecule has 134 valence electrons. The van der Waals surface area contributed by atoms with Gasteiger partial charge in [-0.2, -0.15) is 0 Å². The molecular weight excluding hydrogens is 298 g/mol. The van der Waals surface area contributed by atoms with Crippen LogP contribution < -0.4 is 10.6 Å². The van der Waals surface area contributed by atoms with E-state index in [9.17, 15) is 4.79 Å². The second-order valence-electron chi connectivity index (χ2n) is 5.52. The number of nitrogens with zero attached hydrogens (tertiary/aromatic N) is 1. The van der Waals surface area contributed by atoms with Crippen LogP contribution in [0.15, 0.2) is 4.99 Å². The van der Waals surface area contributed by atoms with Crippen molar-refractivity contribution in [2.24, 2.45) is 4.99 Å². The smallest absolute Gasteiger partial charge is 0.305 e. The van der Waals surface area contributed by atoms with E-state index in [1.54, 1.807) is 7.05 Å². The maximum Gasteiger partial charge on any atom is 0.305 e. The molecule has 7 nitrogen and oxygen atoms in total. The highest BCUT2D eigenvalue weighted by molar-refractivity contribution is 5.79. The first-order valence-corrected chi connectivity index (χ1v) is 8.47. The molecule has 1 atom stereocenters. The SMILES string of the molecule is CN=C(NCCCCC(=O)OC)NCCCOCC1CCCO1. The zero-order chi connectivity index (χ0) is 16.8. The zero-order valence-corrected chi connectivity index (χ0v) is 14.4. The third-order valence-corrected chi connectivity index (χ3v) is 3.64. The van der Waals surface area contributed by atoms with Crippen LogP contribution in [0.2, 0.25) is 0 Å². The predicted molar refractivity (Wildman–Crippen MR) is 89.6 cm³/mol. The Hall–Kier alpha value is -1.34. The summed E-state index contributed by atoms with van der Waals surface area (Å²) >= 11 is 0. The van der Waals surface area contributed by atoms with E-state index in [4.69, 9.17) is 9.47 Å². The number of carbonyl (C=O) groups excluding carboxylic acids is 1. The normalized spacial score (nSPS) is 18.0. The van der Waals surface area contributed by atoms with Crippen molar-refractivity contribution in [1.82, 2.24) is 10.6 Å². The quantitative estimate of drug-likeness (QED) is 0.255. The molecular formula is C16H31N3O4. The van der Waals surface area contributed by atoms with E-state index in [1.165, 1.54) is 7.11 Å². The lowest BCUT2D eigenvalue weighted by molar-refractivity contribution is -0.140. The van der Waals surface area contributed by atoms with E-state index < -0.39 is 0 Å². The summed E-state index contributed by atoms with van der Waals surface area (Å²) in [4.78, 5) is 15.1. The number of unbranched alkanes of at least 4 members (excludes halogenated alkanes) is 1. The molecule has 1 unspecified atom stereocenters. The highest BCUT2D eigenvalue weighted by Crippen LogP contribution is 2.11. The van der Waals surface area contributed by atoms with E-state index in [1.807, 2.05) is 0 Å². The van der Waals surface area contributed by atoms with Crippen LogP contribution in [0.25, 0.3) is 0 Å². The van der Waals surface area contributed by atoms with Gasteiger partial charge in [0.2, 0.25) is 0 Å². The minimum absolute atomic E-state index is 0.157. The number of rotatable bonds is 11. The van der Waals surface area contributed by atoms with Gasteiger partial charge in [0.05, 0.1) is 19.8 Å². The van der Waals surface area contributed by atoms with Gasteiger partial charge in [-0.1, -0.05) is 0 Å². The van der Waals surface area contributed by atoms with Crippen molar-refractivity contribution in [3.63, 3.8) is 0 Å². The summed E-state index contributed by atoms with van der Waals surface area (Å²) in [6.45, 7) is 3.90. The predicted octanol–water partition coefficient (Wildman–Crippen LogP) is 1.08. The standard InChI is InChI=1S/C16H31N3O4/c1-17-16(18-9-4-3-8-15(20)21-2)19-10-6-11-22-13-14-7-5-12-23-14/h14H,3-13H2,1-2H3,(H2,17,18,19). The molecule has 1 aliphatic rings. The molecule has 0 radical (unpaired) electrons. The molecule has 0 amide bonds. The lowest BCUT2D eigenvalue weighted by Gasteiger charge is -2.13. The maximum absolute atomic E-state index is 11.0. The molecule has 1 aliphatic heterocycles. The molecule has 0 spiro atoms. The first-order valence-electron chi connectivity index (χ1n) is 8.47. The molecule has 0 aliphatic carbocycles. The number of carbonyl (C=O) groups is 1. The average Bonchev–Trinajstić information content (AvgIpc) is 3.08. The Morgan fingerprint density at radius 1 is 1.26 bits per heavy atom. The molecule has 1 rings (SSSR count). The molecule has 0 saturated carbocycles. The van der Waals surface area contributed by atoms with Gasteiger partial charge in [-0.3, -0.25) is 9.79 Å². The summed E-state index contributed by atoms with van der Waals surface area (Å²) in [5.74, 6) is 0.623. The van der Waals surface area contributed by atoms with Crippen molar-refractivity contribution in [1.29, 1.82) is 0 Å². The first-order chi connectivity index (χ1) is 11.3. The maximum atomic E-state index is 11.0. The molecule has 23 heavy (non-hydrogen) atoms. The number of hydrogen-bond acceptors (Lipinski definition) is 5. The van der Waals surface area contributed by atoms with Crippen molar-refractivity contribution in [2.75, 3.05) is 47.1 Å². The lowest BCUT2D eigenvalue weighted by Crippen LogP contribution is -2.38. The Morgan fingerprint density at radius 3 is 2.70 bits per heavy atom. The summed E-state index contributed by atoms with van der Waals surface area (Å²) in [6.07, 6.45) is 5.67. The van der Waals surface area contributed by atoms with Crippen LogP contribution in [0.1, 0.15) is 38.5 Å². The van der Waals surface area contributed by atoms with Gasteiger partial charge in [-0.15, -0.1) is 0 Å². The largest absolute Gasteiger partial charge is 0.469 e. The van der Waals surface area contributed by atoms with Crippen LogP contribution in [0, 0.1) is 0 Å². The Balaban J connectivity index is 1.91. The second kappa shape index (κ2) is 13.1. The topological polar surface area (TPSA) is 81.2 Å². The van der Waals surface area contributed by atoms with Crippen LogP contribution in [0.5, 0.6) is 0 Å². The van der Waals surface area contributed by atoms with Crippen molar-refractivity contribution in [3.8, 4) is 0 Å². The number of esters is 1. The third kappa shape index (κ3) is 10.1. The van der Waals surface area contributed by atoms with Gasteiger partial charge < -0.3 is 24.8 Å². The first kappa shape index (κ1) is 19.7. The van der Waals surface area contributed by atoms with E-state index in [0.29, 0.717) is 19.1 Å².